The third-order valence-electron chi connectivity index (χ3n) is 12.2. The summed E-state index contributed by atoms with van der Waals surface area (Å²) in [6.45, 7) is 2.49. The van der Waals surface area contributed by atoms with E-state index in [-0.39, 0.29) is 121 Å². The van der Waals surface area contributed by atoms with Crippen molar-refractivity contribution >= 4 is 58.5 Å². The number of hydrogen-bond donors (Lipinski definition) is 8. The van der Waals surface area contributed by atoms with Crippen LogP contribution in [0.15, 0.2) is 48.7 Å². The van der Waals surface area contributed by atoms with Gasteiger partial charge in [-0.05, 0) is 57.6 Å². The number of carbonyl (C=O) groups is 7. The van der Waals surface area contributed by atoms with E-state index in [1.165, 1.54) is 19.3 Å². The van der Waals surface area contributed by atoms with Crippen molar-refractivity contribution in [2.24, 2.45) is 11.5 Å². The molecule has 7 amide bonds. The van der Waals surface area contributed by atoms with Gasteiger partial charge in [0.15, 0.2) is 5.72 Å². The fourth-order valence-electron chi connectivity index (χ4n) is 8.89. The van der Waals surface area contributed by atoms with Crippen LogP contribution in [0.1, 0.15) is 74.5 Å². The van der Waals surface area contributed by atoms with Crippen molar-refractivity contribution in [2.75, 3.05) is 43.9 Å². The summed E-state index contributed by atoms with van der Waals surface area (Å²) in [4.78, 5) is 94.0. The third-order valence-corrected chi connectivity index (χ3v) is 12.2. The van der Waals surface area contributed by atoms with Gasteiger partial charge in [-0.15, -0.1) is 0 Å². The molecular weight excluding hydrogens is 831 g/mol. The Balaban J connectivity index is 1.04. The van der Waals surface area contributed by atoms with Crippen LogP contribution in [0.3, 0.4) is 0 Å². The van der Waals surface area contributed by atoms with E-state index in [0.717, 1.165) is 16.7 Å². The van der Waals surface area contributed by atoms with E-state index in [4.69, 9.17) is 26.7 Å². The minimum absolute atomic E-state index is 0.0283. The Labute approximate surface area is 370 Å². The zero-order valence-electron chi connectivity index (χ0n) is 36.0. The first-order valence-corrected chi connectivity index (χ1v) is 21.5. The van der Waals surface area contributed by atoms with E-state index in [9.17, 15) is 43.8 Å². The number of carbonyl (C=O) groups excluding carboxylic acids is 7. The van der Waals surface area contributed by atoms with Gasteiger partial charge in [-0.25, -0.2) is 4.79 Å². The zero-order chi connectivity index (χ0) is 46.3. The predicted octanol–water partition coefficient (Wildman–Crippen LogP) is 0.903. The summed E-state index contributed by atoms with van der Waals surface area (Å²) < 4.78 is 11.1. The van der Waals surface area contributed by atoms with Gasteiger partial charge in [-0.1, -0.05) is 36.8 Å². The number of fused-ring (bicyclic) bond motifs is 5. The van der Waals surface area contributed by atoms with Crippen LogP contribution in [-0.2, 0) is 44.7 Å². The average molecular weight is 888 g/mol. The molecule has 0 aliphatic carbocycles. The minimum Gasteiger partial charge on any atom is -0.505 e. The lowest BCUT2D eigenvalue weighted by molar-refractivity contribution is -0.137. The number of methoxy groups -OCH3 is 1. The Kier molecular flexibility index (Phi) is 14.8. The number of benzene rings is 2. The lowest BCUT2D eigenvalue weighted by atomic mass is 9.94. The molecule has 4 unspecified atom stereocenters. The van der Waals surface area contributed by atoms with Crippen LogP contribution in [0.5, 0.6) is 11.5 Å². The van der Waals surface area contributed by atoms with Gasteiger partial charge in [-0.3, -0.25) is 33.7 Å². The summed E-state index contributed by atoms with van der Waals surface area (Å²) in [5.41, 5.74) is 17.0. The maximum Gasteiger partial charge on any atom is 0.409 e. The topological polar surface area (TPSA) is 302 Å². The van der Waals surface area contributed by atoms with Crippen LogP contribution in [0.2, 0.25) is 0 Å². The van der Waals surface area contributed by atoms with Crippen molar-refractivity contribution in [3.63, 3.8) is 0 Å². The molecule has 4 aliphatic heterocycles. The molecule has 2 saturated heterocycles. The fraction of sp³-hybridized carbons (Fsp3) is 0.477. The average Bonchev–Trinajstić information content (AvgIpc) is 3.61. The van der Waals surface area contributed by atoms with Crippen LogP contribution in [0.25, 0.3) is 5.57 Å². The summed E-state index contributed by atoms with van der Waals surface area (Å²) in [5.74, 6) is -2.90. The highest BCUT2D eigenvalue weighted by atomic mass is 16.5. The lowest BCUT2D eigenvalue weighted by Gasteiger charge is -2.37. The quantitative estimate of drug-likeness (QED) is 0.0155. The molecule has 2 fully saturated rings. The highest BCUT2D eigenvalue weighted by Gasteiger charge is 2.75. The van der Waals surface area contributed by atoms with Crippen LogP contribution in [-0.4, -0.2) is 125 Å². The molecule has 0 spiro atoms. The smallest absolute Gasteiger partial charge is 0.409 e. The SMILES string of the molecule is COC12C(=COC(N)=O)c3c(O)c(N)c(C)c(O)c3N1CC1C2N1C(=O)CCCNC(=O)C(CCCCN)NC(=O)[C@H](Cc1ccccc1)NC(=O)CCCCCN1C(=O)C=CC1=O. The highest BCUT2D eigenvalue weighted by Crippen LogP contribution is 2.65. The number of phenols is 2. The molecule has 344 valence electrons. The van der Waals surface area contributed by atoms with Crippen molar-refractivity contribution in [1.82, 2.24) is 25.8 Å². The monoisotopic (exact) mass is 887 g/mol. The molecule has 0 saturated carbocycles. The van der Waals surface area contributed by atoms with Crippen molar-refractivity contribution in [2.45, 2.75) is 101 Å². The Hall–Kier alpha value is -6.67. The van der Waals surface area contributed by atoms with Gasteiger partial charge in [0.2, 0.25) is 23.6 Å². The largest absolute Gasteiger partial charge is 0.505 e. The summed E-state index contributed by atoms with van der Waals surface area (Å²) in [6.07, 6.45) is 5.90. The molecule has 2 aromatic carbocycles. The Morgan fingerprint density at radius 3 is 2.31 bits per heavy atom. The molecule has 20 nitrogen and oxygen atoms in total. The van der Waals surface area contributed by atoms with Gasteiger partial charge in [0, 0.05) is 63.7 Å². The Bertz CT molecular complexity index is 2200. The summed E-state index contributed by atoms with van der Waals surface area (Å²) in [5, 5.41) is 30.8. The number of anilines is 2. The van der Waals surface area contributed by atoms with Gasteiger partial charge in [0.1, 0.15) is 35.9 Å². The van der Waals surface area contributed by atoms with Crippen LogP contribution in [0, 0.1) is 6.92 Å². The Morgan fingerprint density at radius 2 is 1.64 bits per heavy atom. The molecule has 2 aromatic rings. The van der Waals surface area contributed by atoms with E-state index in [0.29, 0.717) is 38.6 Å². The van der Waals surface area contributed by atoms with Crippen LogP contribution >= 0.6 is 0 Å². The molecule has 11 N–H and O–H groups in total. The number of aromatic hydroxyl groups is 2. The molecule has 20 heteroatoms. The van der Waals surface area contributed by atoms with Gasteiger partial charge in [0.25, 0.3) is 11.8 Å². The zero-order valence-corrected chi connectivity index (χ0v) is 36.0. The van der Waals surface area contributed by atoms with Crippen molar-refractivity contribution in [3.05, 3.63) is 65.4 Å². The Morgan fingerprint density at radius 1 is 0.922 bits per heavy atom. The number of hydrogen-bond acceptors (Lipinski definition) is 14. The summed E-state index contributed by atoms with van der Waals surface area (Å²) in [7, 11) is 1.40. The first-order chi connectivity index (χ1) is 30.7. The number of phenolic OH excluding ortho intramolecular Hbond substituents is 2. The first-order valence-electron chi connectivity index (χ1n) is 21.5. The van der Waals surface area contributed by atoms with Gasteiger partial charge < -0.3 is 62.6 Å². The number of primary amides is 1. The number of nitrogen functional groups attached to an aromatic ring is 1. The number of unbranched alkanes of at least 4 members (excludes halogenated alkanes) is 3. The second-order valence-corrected chi connectivity index (χ2v) is 16.3. The number of nitrogens with one attached hydrogen (secondary N) is 3. The molecule has 5 atom stereocenters. The van der Waals surface area contributed by atoms with Crippen molar-refractivity contribution in [1.29, 1.82) is 0 Å². The predicted molar refractivity (Wildman–Crippen MR) is 233 cm³/mol. The van der Waals surface area contributed by atoms with Gasteiger partial charge in [-0.2, -0.15) is 0 Å². The molecule has 0 radical (unpaired) electrons. The second kappa shape index (κ2) is 20.2. The molecule has 4 aliphatic rings. The number of piperazine rings is 1. The normalized spacial score (nSPS) is 20.7. The number of rotatable bonds is 22. The van der Waals surface area contributed by atoms with Crippen LogP contribution in [0.4, 0.5) is 16.2 Å². The van der Waals surface area contributed by atoms with E-state index in [2.05, 4.69) is 16.0 Å². The standard InChI is InChI=1S/C44H57N9O11/c1-25-36(46)39(59)35-27(24-64-43(47)62)44(63-2)40-30(23-52(44)37(35)38(25)58)53(40)34(57)16-11-20-48-41(60)28(14-8-9-19-45)50-42(61)29(22-26-12-5-3-6-13-26)49-31(54)15-7-4-10-21-51-32(55)17-18-33(51)56/h3,5-6,12-13,17-18,24,28-30,40,58-59H,4,7-11,14-16,19-23,45-46H2,1-2H3,(H2,47,62)(H,48,60)(H,49,54)(H,50,61)/t28?,29-,30?,40?,44?,53?/m0/s1. The number of imide groups is 1. The van der Waals surface area contributed by atoms with Gasteiger partial charge >= 0.3 is 6.09 Å². The molecule has 6 rings (SSSR count). The maximum absolute atomic E-state index is 13.8. The molecule has 0 aromatic heterocycles. The first kappa shape index (κ1) is 46.8. The summed E-state index contributed by atoms with van der Waals surface area (Å²) in [6, 6.07) is 6.20. The van der Waals surface area contributed by atoms with E-state index >= 15 is 0 Å². The number of nitrogens with two attached hydrogens (primary N) is 3. The molecule has 0 bridgehead atoms. The van der Waals surface area contributed by atoms with Crippen LogP contribution < -0.4 is 38.1 Å². The highest BCUT2D eigenvalue weighted by molar-refractivity contribution is 6.12. The fourth-order valence-corrected chi connectivity index (χ4v) is 8.89. The maximum atomic E-state index is 13.8. The lowest BCUT2D eigenvalue weighted by Crippen LogP contribution is -2.54. The van der Waals surface area contributed by atoms with Crippen molar-refractivity contribution in [3.8, 4) is 11.5 Å². The minimum atomic E-state index is -1.47. The number of nitrogens with zero attached hydrogens (tertiary/aromatic N) is 3. The van der Waals surface area contributed by atoms with Crippen molar-refractivity contribution < 1.29 is 53.2 Å². The number of amides is 7. The van der Waals surface area contributed by atoms with E-state index in [1.807, 2.05) is 30.3 Å². The van der Waals surface area contributed by atoms with Gasteiger partial charge in [0.05, 0.1) is 28.6 Å². The number of ether oxygens (including phenoxy) is 2. The molecule has 64 heavy (non-hydrogen) atoms. The third kappa shape index (κ3) is 9.62. The molecular formula is C44H57N9O11. The molecule has 4 heterocycles. The van der Waals surface area contributed by atoms with E-state index < -0.39 is 41.8 Å². The second-order valence-electron chi connectivity index (χ2n) is 16.3. The van der Waals surface area contributed by atoms with E-state index in [1.54, 1.807) is 16.7 Å². The summed E-state index contributed by atoms with van der Waals surface area (Å²) >= 11 is 0.